The van der Waals surface area contributed by atoms with Crippen LogP contribution in [0.5, 0.6) is 0 Å². The van der Waals surface area contributed by atoms with E-state index in [1.807, 2.05) is 35.0 Å². The Morgan fingerprint density at radius 2 is 1.33 bits per heavy atom. The Morgan fingerprint density at radius 3 is 1.94 bits per heavy atom. The van der Waals surface area contributed by atoms with Crippen molar-refractivity contribution in [1.29, 1.82) is 0 Å². The standard InChI is InChI=1S/C29H18N4S3/c1-2-9-20(10-3-1)33-18-19(27(32-33)26-15-8-16-34-26)17-21(28-30-22-11-4-6-13-24(22)35-28)29-31-23-12-5-7-14-25(23)36-29/h1-18H. The predicted octanol–water partition coefficient (Wildman–Crippen LogP) is 8.41. The largest absolute Gasteiger partial charge is 0.240 e. The quantitative estimate of drug-likeness (QED) is 0.230. The number of hydrogen-bond acceptors (Lipinski definition) is 6. The van der Waals surface area contributed by atoms with E-state index in [0.717, 1.165) is 57.8 Å². The highest BCUT2D eigenvalue weighted by molar-refractivity contribution is 7.22. The van der Waals surface area contributed by atoms with Gasteiger partial charge in [-0.1, -0.05) is 48.5 Å². The van der Waals surface area contributed by atoms with E-state index < -0.39 is 0 Å². The van der Waals surface area contributed by atoms with Gasteiger partial charge in [0.2, 0.25) is 0 Å². The smallest absolute Gasteiger partial charge is 0.127 e. The molecule has 36 heavy (non-hydrogen) atoms. The summed E-state index contributed by atoms with van der Waals surface area (Å²) in [6.07, 6.45) is 4.31. The molecule has 0 aliphatic heterocycles. The summed E-state index contributed by atoms with van der Waals surface area (Å²) in [5.74, 6) is 0. The number of nitrogens with zero attached hydrogens (tertiary/aromatic N) is 4. The van der Waals surface area contributed by atoms with E-state index >= 15 is 0 Å². The first-order valence-corrected chi connectivity index (χ1v) is 14.0. The fourth-order valence-corrected chi connectivity index (χ4v) is 6.92. The minimum Gasteiger partial charge on any atom is -0.240 e. The van der Waals surface area contributed by atoms with Crippen molar-refractivity contribution < 1.29 is 0 Å². The SMILES string of the molecule is C(=C(c1nc2ccccc2s1)c1nc2ccccc2s1)c1cn(-c2ccccc2)nc1-c1cccs1. The third-order valence-corrected chi connectivity index (χ3v) is 8.88. The lowest BCUT2D eigenvalue weighted by atomic mass is 10.1. The molecule has 0 saturated carbocycles. The summed E-state index contributed by atoms with van der Waals surface area (Å²) >= 11 is 5.09. The second kappa shape index (κ2) is 8.95. The van der Waals surface area contributed by atoms with E-state index in [0.29, 0.717) is 0 Å². The summed E-state index contributed by atoms with van der Waals surface area (Å²) in [4.78, 5) is 11.1. The summed E-state index contributed by atoms with van der Waals surface area (Å²) in [7, 11) is 0. The second-order valence-electron chi connectivity index (χ2n) is 8.22. The van der Waals surface area contributed by atoms with Gasteiger partial charge in [0.15, 0.2) is 0 Å². The molecule has 7 aromatic rings. The second-order valence-corrected chi connectivity index (χ2v) is 11.2. The lowest BCUT2D eigenvalue weighted by Crippen LogP contribution is -1.93. The van der Waals surface area contributed by atoms with E-state index in [1.165, 1.54) is 0 Å². The zero-order valence-electron chi connectivity index (χ0n) is 18.9. The van der Waals surface area contributed by atoms with Crippen molar-refractivity contribution in [1.82, 2.24) is 19.7 Å². The monoisotopic (exact) mass is 518 g/mol. The fourth-order valence-electron chi connectivity index (χ4n) is 4.16. The van der Waals surface area contributed by atoms with Crippen LogP contribution in [0.25, 0.3) is 48.3 Å². The number of para-hydroxylation sites is 3. The maximum atomic E-state index is 5.01. The van der Waals surface area contributed by atoms with Gasteiger partial charge in [-0.05, 0) is 53.9 Å². The molecule has 4 nitrogen and oxygen atoms in total. The van der Waals surface area contributed by atoms with Crippen LogP contribution < -0.4 is 0 Å². The molecule has 4 aromatic heterocycles. The Hall–Kier alpha value is -3.91. The molecule has 0 fully saturated rings. The Kier molecular flexibility index (Phi) is 5.31. The molecule has 0 aliphatic carbocycles. The minimum atomic E-state index is 0.952. The van der Waals surface area contributed by atoms with Crippen molar-refractivity contribution in [2.75, 3.05) is 0 Å². The first-order chi connectivity index (χ1) is 17.8. The Balaban J connectivity index is 1.47. The number of hydrogen-bond donors (Lipinski definition) is 0. The molecule has 0 amide bonds. The van der Waals surface area contributed by atoms with Crippen LogP contribution in [-0.4, -0.2) is 19.7 Å². The van der Waals surface area contributed by atoms with Crippen molar-refractivity contribution in [3.05, 3.63) is 118 Å². The van der Waals surface area contributed by atoms with Crippen molar-refractivity contribution in [3.63, 3.8) is 0 Å². The number of rotatable bonds is 5. The minimum absolute atomic E-state index is 0.952. The number of thiophene rings is 1. The molecule has 0 radical (unpaired) electrons. The first kappa shape index (κ1) is 21.4. The van der Waals surface area contributed by atoms with Gasteiger partial charge in [0.05, 0.1) is 31.0 Å². The van der Waals surface area contributed by atoms with Crippen molar-refractivity contribution in [2.45, 2.75) is 0 Å². The van der Waals surface area contributed by atoms with Crippen LogP contribution in [0.4, 0.5) is 0 Å². The molecule has 0 aliphatic rings. The summed E-state index contributed by atoms with van der Waals surface area (Å²) < 4.78 is 4.28. The van der Waals surface area contributed by atoms with E-state index in [9.17, 15) is 0 Å². The van der Waals surface area contributed by atoms with Gasteiger partial charge in [0.25, 0.3) is 0 Å². The molecule has 172 valence electrons. The number of thiazole rings is 2. The molecule has 0 unspecified atom stereocenters. The van der Waals surface area contributed by atoms with Crippen LogP contribution in [0.2, 0.25) is 0 Å². The fraction of sp³-hybridized carbons (Fsp3) is 0. The Morgan fingerprint density at radius 1 is 0.694 bits per heavy atom. The maximum absolute atomic E-state index is 5.01. The Bertz CT molecular complexity index is 1700. The van der Waals surface area contributed by atoms with E-state index in [1.54, 1.807) is 34.0 Å². The van der Waals surface area contributed by atoms with Crippen LogP contribution in [0, 0.1) is 0 Å². The van der Waals surface area contributed by atoms with Crippen molar-refractivity contribution in [2.24, 2.45) is 0 Å². The molecular weight excluding hydrogens is 501 g/mol. The van der Waals surface area contributed by atoms with E-state index in [-0.39, 0.29) is 0 Å². The van der Waals surface area contributed by atoms with Gasteiger partial charge in [-0.3, -0.25) is 0 Å². The third kappa shape index (κ3) is 3.87. The van der Waals surface area contributed by atoms with Crippen LogP contribution in [0.15, 0.2) is 103 Å². The van der Waals surface area contributed by atoms with Crippen LogP contribution in [0.1, 0.15) is 15.6 Å². The lowest BCUT2D eigenvalue weighted by molar-refractivity contribution is 0.885. The van der Waals surface area contributed by atoms with Crippen molar-refractivity contribution in [3.8, 4) is 16.3 Å². The number of benzene rings is 3. The van der Waals surface area contributed by atoms with Gasteiger partial charge in [-0.2, -0.15) is 5.10 Å². The van der Waals surface area contributed by atoms with Gasteiger partial charge in [-0.25, -0.2) is 14.6 Å². The predicted molar refractivity (Wildman–Crippen MR) is 153 cm³/mol. The van der Waals surface area contributed by atoms with E-state index in [2.05, 4.69) is 78.3 Å². The zero-order chi connectivity index (χ0) is 23.9. The third-order valence-electron chi connectivity index (χ3n) is 5.87. The van der Waals surface area contributed by atoms with Crippen LogP contribution in [0.3, 0.4) is 0 Å². The lowest BCUT2D eigenvalue weighted by Gasteiger charge is -2.01. The molecule has 0 N–H and O–H groups in total. The normalized spacial score (nSPS) is 11.3. The van der Waals surface area contributed by atoms with E-state index in [4.69, 9.17) is 15.1 Å². The summed E-state index contributed by atoms with van der Waals surface area (Å²) in [5.41, 5.74) is 6.04. The highest BCUT2D eigenvalue weighted by Crippen LogP contribution is 2.38. The summed E-state index contributed by atoms with van der Waals surface area (Å²) in [6.45, 7) is 0. The molecule has 3 aromatic carbocycles. The van der Waals surface area contributed by atoms with Gasteiger partial charge in [-0.15, -0.1) is 34.0 Å². The number of aromatic nitrogens is 4. The van der Waals surface area contributed by atoms with Crippen molar-refractivity contribution >= 4 is 66.1 Å². The summed E-state index contributed by atoms with van der Waals surface area (Å²) in [6, 6.07) is 31.0. The average molecular weight is 519 g/mol. The van der Waals surface area contributed by atoms with Crippen LogP contribution >= 0.6 is 34.0 Å². The van der Waals surface area contributed by atoms with Gasteiger partial charge >= 0.3 is 0 Å². The maximum Gasteiger partial charge on any atom is 0.127 e. The topological polar surface area (TPSA) is 43.6 Å². The molecule has 0 atom stereocenters. The van der Waals surface area contributed by atoms with Gasteiger partial charge in [0, 0.05) is 17.3 Å². The first-order valence-electron chi connectivity index (χ1n) is 11.4. The van der Waals surface area contributed by atoms with Crippen LogP contribution in [-0.2, 0) is 0 Å². The molecule has 0 spiro atoms. The molecular formula is C29H18N4S3. The average Bonchev–Trinajstić information content (AvgIpc) is 3.72. The van der Waals surface area contributed by atoms with Gasteiger partial charge in [0.1, 0.15) is 15.7 Å². The Labute approximate surface area is 219 Å². The molecule has 4 heterocycles. The molecule has 7 heteroatoms. The number of fused-ring (bicyclic) bond motifs is 2. The highest BCUT2D eigenvalue weighted by Gasteiger charge is 2.19. The highest BCUT2D eigenvalue weighted by atomic mass is 32.1. The van der Waals surface area contributed by atoms with Gasteiger partial charge < -0.3 is 0 Å². The molecule has 7 rings (SSSR count). The summed E-state index contributed by atoms with van der Waals surface area (Å²) in [5, 5.41) is 9.00. The zero-order valence-corrected chi connectivity index (χ0v) is 21.4. The molecule has 0 saturated heterocycles. The molecule has 0 bridgehead atoms.